The van der Waals surface area contributed by atoms with Crippen molar-refractivity contribution in [1.82, 2.24) is 10.3 Å². The molecule has 2 rings (SSSR count). The number of halogens is 2. The van der Waals surface area contributed by atoms with E-state index < -0.39 is 9.75 Å². The molecule has 0 radical (unpaired) electrons. The van der Waals surface area contributed by atoms with E-state index in [-0.39, 0.29) is 5.91 Å². The fraction of sp³-hybridized carbons (Fsp3) is 0.455. The Morgan fingerprint density at radius 1 is 1.62 bits per heavy atom. The standard InChI is InChI=1S/C11H12Cl2N2O/c1-10(7-11(10,12)13)9(16)15-6-8-3-2-4-14-5-8/h2-5H,6-7H2,1H3,(H,15,16)/t10-/m1/s1. The number of carbonyl (C=O) groups excluding carboxylic acids is 1. The Morgan fingerprint density at radius 3 is 2.81 bits per heavy atom. The molecule has 3 nitrogen and oxygen atoms in total. The van der Waals surface area contributed by atoms with Crippen LogP contribution in [-0.4, -0.2) is 15.2 Å². The minimum atomic E-state index is -0.911. The Bertz CT molecular complexity index is 408. The van der Waals surface area contributed by atoms with Crippen LogP contribution >= 0.6 is 23.2 Å². The lowest BCUT2D eigenvalue weighted by atomic mass is 10.1. The third-order valence-corrected chi connectivity index (χ3v) is 4.04. The van der Waals surface area contributed by atoms with Crippen LogP contribution in [0.5, 0.6) is 0 Å². The summed E-state index contributed by atoms with van der Waals surface area (Å²) in [5.74, 6) is -0.110. The lowest BCUT2D eigenvalue weighted by Crippen LogP contribution is -2.32. The van der Waals surface area contributed by atoms with Crippen LogP contribution in [0.2, 0.25) is 0 Å². The van der Waals surface area contributed by atoms with Crippen molar-refractivity contribution in [3.63, 3.8) is 0 Å². The number of nitrogens with zero attached hydrogens (tertiary/aromatic N) is 1. The Morgan fingerprint density at radius 2 is 2.31 bits per heavy atom. The Kier molecular flexibility index (Phi) is 2.84. The Hall–Kier alpha value is -0.800. The number of aromatic nitrogens is 1. The van der Waals surface area contributed by atoms with E-state index in [4.69, 9.17) is 23.2 Å². The molecule has 1 atom stereocenters. The fourth-order valence-corrected chi connectivity index (χ4v) is 2.23. The zero-order valence-corrected chi connectivity index (χ0v) is 10.3. The normalized spacial score (nSPS) is 26.2. The second kappa shape index (κ2) is 3.90. The molecule has 1 fully saturated rings. The smallest absolute Gasteiger partial charge is 0.229 e. The fourth-order valence-electron chi connectivity index (χ4n) is 1.53. The average Bonchev–Trinajstić information content (AvgIpc) is 2.78. The van der Waals surface area contributed by atoms with Crippen LogP contribution in [0.3, 0.4) is 0 Å². The van der Waals surface area contributed by atoms with Gasteiger partial charge in [-0.3, -0.25) is 9.78 Å². The molecule has 0 spiro atoms. The summed E-state index contributed by atoms with van der Waals surface area (Å²) >= 11 is 11.8. The summed E-state index contributed by atoms with van der Waals surface area (Å²) in [5.41, 5.74) is 0.299. The van der Waals surface area contributed by atoms with E-state index in [0.717, 1.165) is 5.56 Å². The molecule has 1 aliphatic carbocycles. The number of hydrogen-bond acceptors (Lipinski definition) is 2. The Labute approximate surface area is 104 Å². The van der Waals surface area contributed by atoms with Crippen molar-refractivity contribution in [3.05, 3.63) is 30.1 Å². The van der Waals surface area contributed by atoms with Gasteiger partial charge in [0.1, 0.15) is 4.33 Å². The predicted octanol–water partition coefficient (Wildman–Crippen LogP) is 2.28. The van der Waals surface area contributed by atoms with Crippen LogP contribution in [0.1, 0.15) is 18.9 Å². The monoisotopic (exact) mass is 258 g/mol. The molecule has 0 aromatic carbocycles. The summed E-state index contributed by atoms with van der Waals surface area (Å²) in [7, 11) is 0. The van der Waals surface area contributed by atoms with Crippen LogP contribution < -0.4 is 5.32 Å². The van der Waals surface area contributed by atoms with Crippen LogP contribution in [0.15, 0.2) is 24.5 Å². The van der Waals surface area contributed by atoms with E-state index in [1.54, 1.807) is 19.3 Å². The molecule has 0 unspecified atom stereocenters. The highest BCUT2D eigenvalue weighted by molar-refractivity contribution is 6.53. The molecule has 1 amide bonds. The maximum Gasteiger partial charge on any atom is 0.229 e. The van der Waals surface area contributed by atoms with Crippen molar-refractivity contribution in [2.24, 2.45) is 5.41 Å². The van der Waals surface area contributed by atoms with Gasteiger partial charge in [0.05, 0.1) is 5.41 Å². The Balaban J connectivity index is 1.91. The van der Waals surface area contributed by atoms with Crippen molar-refractivity contribution in [2.75, 3.05) is 0 Å². The van der Waals surface area contributed by atoms with Crippen molar-refractivity contribution in [2.45, 2.75) is 24.2 Å². The van der Waals surface area contributed by atoms with Gasteiger partial charge >= 0.3 is 0 Å². The lowest BCUT2D eigenvalue weighted by Gasteiger charge is -2.12. The number of nitrogens with one attached hydrogen (secondary N) is 1. The summed E-state index contributed by atoms with van der Waals surface area (Å²) in [6, 6.07) is 3.73. The topological polar surface area (TPSA) is 42.0 Å². The van der Waals surface area contributed by atoms with E-state index >= 15 is 0 Å². The van der Waals surface area contributed by atoms with E-state index in [1.807, 2.05) is 12.1 Å². The van der Waals surface area contributed by atoms with Gasteiger partial charge in [0, 0.05) is 18.9 Å². The average molecular weight is 259 g/mol. The zero-order valence-electron chi connectivity index (χ0n) is 8.84. The molecule has 0 saturated heterocycles. The number of pyridine rings is 1. The van der Waals surface area contributed by atoms with E-state index in [1.165, 1.54) is 0 Å². The van der Waals surface area contributed by atoms with Crippen LogP contribution in [0.4, 0.5) is 0 Å². The molecular formula is C11H12Cl2N2O. The van der Waals surface area contributed by atoms with Gasteiger partial charge in [-0.1, -0.05) is 6.07 Å². The van der Waals surface area contributed by atoms with Crippen molar-refractivity contribution in [1.29, 1.82) is 0 Å². The number of amides is 1. The number of hydrogen-bond donors (Lipinski definition) is 1. The van der Waals surface area contributed by atoms with Crippen LogP contribution in [0.25, 0.3) is 0 Å². The first-order valence-corrected chi connectivity index (χ1v) is 5.76. The van der Waals surface area contributed by atoms with Gasteiger partial charge in [0.2, 0.25) is 5.91 Å². The molecule has 5 heteroatoms. The highest BCUT2D eigenvalue weighted by atomic mass is 35.5. The molecular weight excluding hydrogens is 247 g/mol. The van der Waals surface area contributed by atoms with Gasteiger partial charge in [-0.2, -0.15) is 0 Å². The predicted molar refractivity (Wildman–Crippen MR) is 63.2 cm³/mol. The summed E-state index contributed by atoms with van der Waals surface area (Å²) in [4.78, 5) is 15.8. The number of carbonyl (C=O) groups is 1. The number of alkyl halides is 2. The van der Waals surface area contributed by atoms with Gasteiger partial charge in [0.15, 0.2) is 0 Å². The van der Waals surface area contributed by atoms with E-state index in [0.29, 0.717) is 13.0 Å². The molecule has 86 valence electrons. The first-order chi connectivity index (χ1) is 7.46. The van der Waals surface area contributed by atoms with Crippen LogP contribution in [-0.2, 0) is 11.3 Å². The summed E-state index contributed by atoms with van der Waals surface area (Å²) in [6.45, 7) is 2.22. The maximum atomic E-state index is 11.8. The van der Waals surface area contributed by atoms with Crippen molar-refractivity contribution < 1.29 is 4.79 Å². The third-order valence-electron chi connectivity index (χ3n) is 2.93. The number of rotatable bonds is 3. The molecule has 0 bridgehead atoms. The van der Waals surface area contributed by atoms with Gasteiger partial charge in [-0.05, 0) is 25.0 Å². The zero-order chi connectivity index (χ0) is 11.8. The molecule has 1 aromatic rings. The minimum absolute atomic E-state index is 0.110. The summed E-state index contributed by atoms with van der Waals surface area (Å²) in [6.07, 6.45) is 3.90. The molecule has 0 aliphatic heterocycles. The third kappa shape index (κ3) is 2.02. The molecule has 1 aromatic heterocycles. The van der Waals surface area contributed by atoms with Crippen molar-refractivity contribution in [3.8, 4) is 0 Å². The summed E-state index contributed by atoms with van der Waals surface area (Å²) in [5, 5.41) is 2.81. The molecule has 1 heterocycles. The largest absolute Gasteiger partial charge is 0.351 e. The van der Waals surface area contributed by atoms with Gasteiger partial charge < -0.3 is 5.32 Å². The van der Waals surface area contributed by atoms with Gasteiger partial charge in [-0.25, -0.2) is 0 Å². The van der Waals surface area contributed by atoms with Gasteiger partial charge in [-0.15, -0.1) is 23.2 Å². The van der Waals surface area contributed by atoms with Crippen molar-refractivity contribution >= 4 is 29.1 Å². The highest BCUT2D eigenvalue weighted by Crippen LogP contribution is 2.63. The minimum Gasteiger partial charge on any atom is -0.351 e. The second-order valence-electron chi connectivity index (χ2n) is 4.26. The van der Waals surface area contributed by atoms with E-state index in [2.05, 4.69) is 10.3 Å². The quantitative estimate of drug-likeness (QED) is 0.846. The molecule has 1 aliphatic rings. The van der Waals surface area contributed by atoms with E-state index in [9.17, 15) is 4.79 Å². The molecule has 1 saturated carbocycles. The first kappa shape index (κ1) is 11.7. The second-order valence-corrected chi connectivity index (χ2v) is 5.74. The molecule has 1 N–H and O–H groups in total. The van der Waals surface area contributed by atoms with Gasteiger partial charge in [0.25, 0.3) is 0 Å². The highest BCUT2D eigenvalue weighted by Gasteiger charge is 2.67. The first-order valence-electron chi connectivity index (χ1n) is 5.01. The van der Waals surface area contributed by atoms with Crippen LogP contribution in [0, 0.1) is 5.41 Å². The summed E-state index contributed by atoms with van der Waals surface area (Å²) < 4.78 is -0.911. The maximum absolute atomic E-state index is 11.8. The lowest BCUT2D eigenvalue weighted by molar-refractivity contribution is -0.125. The molecule has 16 heavy (non-hydrogen) atoms. The SMILES string of the molecule is C[C@]1(C(=O)NCc2cccnc2)CC1(Cl)Cl.